The number of β-amino-alcohol motifs (C(OH)–C–C–N with tert-alkyl or cyclic N) is 1. The third-order valence-electron chi connectivity index (χ3n) is 4.74. The largest absolute Gasteiger partial charge is 0.395 e. The van der Waals surface area contributed by atoms with Crippen LogP contribution in [-0.2, 0) is 14.3 Å². The first-order valence-electron chi connectivity index (χ1n) is 8.13. The molecule has 2 aliphatic heterocycles. The molecule has 1 N–H and O–H groups in total. The molecule has 0 aromatic rings. The number of hydrogen-bond donors (Lipinski definition) is 1. The van der Waals surface area contributed by atoms with E-state index in [4.69, 9.17) is 5.11 Å². The van der Waals surface area contributed by atoms with Crippen molar-refractivity contribution in [1.82, 2.24) is 9.80 Å². The van der Waals surface area contributed by atoms with Crippen molar-refractivity contribution in [3.05, 3.63) is 0 Å². The third kappa shape index (κ3) is 4.41. The summed E-state index contributed by atoms with van der Waals surface area (Å²) < 4.78 is 54.0. The second kappa shape index (κ2) is 7.86. The molecule has 1 atom stereocenters. The Kier molecular flexibility index (Phi) is 6.26. The quantitative estimate of drug-likeness (QED) is 0.671. The molecule has 0 bridgehead atoms. The summed E-state index contributed by atoms with van der Waals surface area (Å²) in [5, 5.41) is 9.02. The highest BCUT2D eigenvalue weighted by Gasteiger charge is 2.49. The Morgan fingerprint density at radius 1 is 1.32 bits per heavy atom. The van der Waals surface area contributed by atoms with Gasteiger partial charge in [0.2, 0.25) is 11.8 Å². The standard InChI is InChI=1S/C15H22F4N2O4/c16-12(17)15(18,19)10-25-8-11(23)21-5-3-14(9-21)2-1-4-20(6-7-22)13(14)24/h12,22H,1-10H2/t14-/m0/s1. The van der Waals surface area contributed by atoms with Gasteiger partial charge in [-0.25, -0.2) is 8.78 Å². The van der Waals surface area contributed by atoms with E-state index in [9.17, 15) is 27.2 Å². The van der Waals surface area contributed by atoms with Crippen molar-refractivity contribution >= 4 is 11.8 Å². The molecule has 0 saturated carbocycles. The Morgan fingerprint density at radius 2 is 2.04 bits per heavy atom. The number of piperidine rings is 1. The van der Waals surface area contributed by atoms with E-state index in [1.165, 1.54) is 4.90 Å². The molecule has 2 saturated heterocycles. The van der Waals surface area contributed by atoms with Crippen LogP contribution in [0.15, 0.2) is 0 Å². The average molecular weight is 370 g/mol. The lowest BCUT2D eigenvalue weighted by molar-refractivity contribution is -0.170. The van der Waals surface area contributed by atoms with Gasteiger partial charge in [0.05, 0.1) is 12.0 Å². The Labute approximate surface area is 142 Å². The van der Waals surface area contributed by atoms with Crippen LogP contribution < -0.4 is 0 Å². The maximum absolute atomic E-state index is 12.8. The van der Waals surface area contributed by atoms with Crippen molar-refractivity contribution in [2.75, 3.05) is 46.0 Å². The van der Waals surface area contributed by atoms with E-state index in [2.05, 4.69) is 4.74 Å². The fourth-order valence-electron chi connectivity index (χ4n) is 3.38. The topological polar surface area (TPSA) is 70.1 Å². The van der Waals surface area contributed by atoms with E-state index in [0.717, 1.165) is 6.42 Å². The van der Waals surface area contributed by atoms with Crippen molar-refractivity contribution in [3.8, 4) is 0 Å². The van der Waals surface area contributed by atoms with Crippen molar-refractivity contribution in [2.24, 2.45) is 5.41 Å². The maximum atomic E-state index is 12.8. The van der Waals surface area contributed by atoms with Gasteiger partial charge in [-0.1, -0.05) is 0 Å². The lowest BCUT2D eigenvalue weighted by Crippen LogP contribution is -2.51. The molecular weight excluding hydrogens is 348 g/mol. The summed E-state index contributed by atoms with van der Waals surface area (Å²) in [7, 11) is 0. The van der Waals surface area contributed by atoms with E-state index < -0.39 is 36.9 Å². The van der Waals surface area contributed by atoms with Crippen LogP contribution in [0.5, 0.6) is 0 Å². The van der Waals surface area contributed by atoms with Gasteiger partial charge in [0.25, 0.3) is 0 Å². The summed E-state index contributed by atoms with van der Waals surface area (Å²) in [6, 6.07) is 0. The smallest absolute Gasteiger partial charge is 0.330 e. The highest BCUT2D eigenvalue weighted by atomic mass is 19.3. The number of aliphatic hydroxyl groups is 1. The first kappa shape index (κ1) is 19.9. The molecule has 1 spiro atoms. The molecule has 25 heavy (non-hydrogen) atoms. The van der Waals surface area contributed by atoms with Crippen molar-refractivity contribution < 1.29 is 37.0 Å². The summed E-state index contributed by atoms with van der Waals surface area (Å²) in [4.78, 5) is 27.6. The number of carbonyl (C=O) groups is 2. The molecule has 2 heterocycles. The second-order valence-corrected chi connectivity index (χ2v) is 6.52. The van der Waals surface area contributed by atoms with Crippen LogP contribution in [0.2, 0.25) is 0 Å². The predicted octanol–water partition coefficient (Wildman–Crippen LogP) is 0.737. The van der Waals surface area contributed by atoms with Crippen LogP contribution >= 0.6 is 0 Å². The number of rotatable bonds is 7. The van der Waals surface area contributed by atoms with Gasteiger partial charge in [0.15, 0.2) is 0 Å². The van der Waals surface area contributed by atoms with Crippen LogP contribution in [0.4, 0.5) is 17.6 Å². The van der Waals surface area contributed by atoms with Gasteiger partial charge in [0, 0.05) is 26.2 Å². The number of likely N-dealkylation sites (tertiary alicyclic amines) is 2. The minimum atomic E-state index is -4.29. The zero-order valence-electron chi connectivity index (χ0n) is 13.7. The lowest BCUT2D eigenvalue weighted by atomic mass is 9.78. The van der Waals surface area contributed by atoms with Gasteiger partial charge in [-0.05, 0) is 19.3 Å². The van der Waals surface area contributed by atoms with Crippen molar-refractivity contribution in [3.63, 3.8) is 0 Å². The zero-order valence-corrected chi connectivity index (χ0v) is 13.7. The molecule has 10 heteroatoms. The first-order chi connectivity index (χ1) is 11.7. The minimum absolute atomic E-state index is 0.117. The number of amides is 2. The minimum Gasteiger partial charge on any atom is -0.395 e. The summed E-state index contributed by atoms with van der Waals surface area (Å²) in [5.41, 5.74) is -0.712. The first-order valence-corrected chi connectivity index (χ1v) is 8.13. The molecule has 0 aliphatic carbocycles. The number of aliphatic hydroxyl groups excluding tert-OH is 1. The Morgan fingerprint density at radius 3 is 2.68 bits per heavy atom. The van der Waals surface area contributed by atoms with Gasteiger partial charge >= 0.3 is 12.3 Å². The van der Waals surface area contributed by atoms with Crippen LogP contribution in [0.1, 0.15) is 19.3 Å². The van der Waals surface area contributed by atoms with Crippen LogP contribution in [0.25, 0.3) is 0 Å². The fraction of sp³-hybridized carbons (Fsp3) is 0.867. The molecule has 0 aromatic heterocycles. The van der Waals surface area contributed by atoms with E-state index in [1.807, 2.05) is 0 Å². The SMILES string of the molecule is O=C(COCC(F)(F)C(F)F)N1CC[C@@]2(CCCN(CCO)C2=O)C1. The fourth-order valence-corrected chi connectivity index (χ4v) is 3.38. The van der Waals surface area contributed by atoms with Crippen LogP contribution in [0, 0.1) is 5.41 Å². The van der Waals surface area contributed by atoms with E-state index in [0.29, 0.717) is 19.4 Å². The molecule has 0 unspecified atom stereocenters. The number of halogens is 4. The molecule has 144 valence electrons. The number of hydrogen-bond acceptors (Lipinski definition) is 4. The summed E-state index contributed by atoms with van der Waals surface area (Å²) in [6.45, 7) is -1.17. The molecule has 6 nitrogen and oxygen atoms in total. The van der Waals surface area contributed by atoms with Gasteiger partial charge < -0.3 is 19.6 Å². The van der Waals surface area contributed by atoms with Gasteiger partial charge in [0.1, 0.15) is 13.2 Å². The van der Waals surface area contributed by atoms with Gasteiger partial charge in [-0.15, -0.1) is 0 Å². The third-order valence-corrected chi connectivity index (χ3v) is 4.74. The van der Waals surface area contributed by atoms with Gasteiger partial charge in [-0.3, -0.25) is 9.59 Å². The van der Waals surface area contributed by atoms with Crippen LogP contribution in [0.3, 0.4) is 0 Å². The van der Waals surface area contributed by atoms with Crippen molar-refractivity contribution in [2.45, 2.75) is 31.6 Å². The average Bonchev–Trinajstić information content (AvgIpc) is 2.97. The number of carbonyl (C=O) groups excluding carboxylic acids is 2. The lowest BCUT2D eigenvalue weighted by Gasteiger charge is -2.39. The zero-order chi connectivity index (χ0) is 18.7. The summed E-state index contributed by atoms with van der Waals surface area (Å²) >= 11 is 0. The molecule has 0 radical (unpaired) electrons. The Hall–Kier alpha value is -1.42. The van der Waals surface area contributed by atoms with Crippen LogP contribution in [-0.4, -0.2) is 85.1 Å². The number of nitrogens with zero attached hydrogens (tertiary/aromatic N) is 2. The molecule has 2 aliphatic rings. The summed E-state index contributed by atoms with van der Waals surface area (Å²) in [5.74, 6) is -5.02. The molecular formula is C15H22F4N2O4. The summed E-state index contributed by atoms with van der Waals surface area (Å²) in [6.07, 6.45) is -2.03. The van der Waals surface area contributed by atoms with E-state index in [1.54, 1.807) is 4.90 Å². The van der Waals surface area contributed by atoms with E-state index >= 15 is 0 Å². The predicted molar refractivity (Wildman–Crippen MR) is 78.3 cm³/mol. The van der Waals surface area contributed by atoms with Gasteiger partial charge in [-0.2, -0.15) is 8.78 Å². The molecule has 2 amide bonds. The van der Waals surface area contributed by atoms with E-state index in [-0.39, 0.29) is 32.1 Å². The molecule has 2 rings (SSSR count). The Balaban J connectivity index is 1.87. The number of ether oxygens (including phenoxy) is 1. The molecule has 2 fully saturated rings. The molecule has 0 aromatic carbocycles. The second-order valence-electron chi connectivity index (χ2n) is 6.52. The normalized spacial score (nSPS) is 24.6. The highest BCUT2D eigenvalue weighted by Crippen LogP contribution is 2.40. The maximum Gasteiger partial charge on any atom is 0.330 e. The highest BCUT2D eigenvalue weighted by molar-refractivity contribution is 5.86. The monoisotopic (exact) mass is 370 g/mol. The Bertz CT molecular complexity index is 504. The van der Waals surface area contributed by atoms with Crippen molar-refractivity contribution in [1.29, 1.82) is 0 Å². The number of alkyl halides is 4.